The minimum atomic E-state index is 0. The van der Waals surface area contributed by atoms with Gasteiger partial charge in [-0.1, -0.05) is 6.07 Å². The minimum Gasteiger partial charge on any atom is -0.376 e. The van der Waals surface area contributed by atoms with Crippen LogP contribution in [0.4, 0.5) is 0 Å². The third-order valence-electron chi connectivity index (χ3n) is 5.70. The predicted molar refractivity (Wildman–Crippen MR) is 120 cm³/mol. The van der Waals surface area contributed by atoms with E-state index in [-0.39, 0.29) is 30.1 Å². The summed E-state index contributed by atoms with van der Waals surface area (Å²) in [4.78, 5) is 8.37. The zero-order valence-electron chi connectivity index (χ0n) is 16.1. The van der Waals surface area contributed by atoms with Crippen molar-refractivity contribution in [3.8, 4) is 0 Å². The van der Waals surface area contributed by atoms with Crippen LogP contribution < -0.4 is 10.6 Å². The fourth-order valence-electron chi connectivity index (χ4n) is 4.37. The summed E-state index contributed by atoms with van der Waals surface area (Å²) in [5, 5.41) is 9.31. The van der Waals surface area contributed by atoms with Gasteiger partial charge in [0.1, 0.15) is 0 Å². The fraction of sp³-hybridized carbons (Fsp3) is 0.737. The lowest BCUT2D eigenvalue weighted by molar-refractivity contribution is -0.0334. The monoisotopic (exact) mass is 506 g/mol. The highest BCUT2D eigenvalue weighted by Gasteiger charge is 2.41. The van der Waals surface area contributed by atoms with Gasteiger partial charge in [0, 0.05) is 31.6 Å². The van der Waals surface area contributed by atoms with Gasteiger partial charge in [-0.25, -0.2) is 0 Å². The van der Waals surface area contributed by atoms with Gasteiger partial charge in [0.05, 0.1) is 37.0 Å². The van der Waals surface area contributed by atoms with Crippen molar-refractivity contribution in [3.63, 3.8) is 0 Å². The molecule has 27 heavy (non-hydrogen) atoms. The SMILES string of the molecule is CN=C(NCC(c1cccs1)N1CCOC(C)C1)NC1CC2CCC1O2.I. The molecule has 4 heterocycles. The standard InChI is InChI=1S/C19H30N4O2S.HI/c1-13-12-23(7-8-24-13)16(18-4-3-9-26-18)11-21-19(20-2)22-15-10-14-5-6-17(15)25-14;/h3-4,9,13-17H,5-8,10-12H2,1-2H3,(H2,20,21,22);1H. The van der Waals surface area contributed by atoms with Crippen LogP contribution in [0.3, 0.4) is 0 Å². The third-order valence-corrected chi connectivity index (χ3v) is 6.67. The first-order valence-electron chi connectivity index (χ1n) is 9.74. The number of hydrogen-bond donors (Lipinski definition) is 2. The van der Waals surface area contributed by atoms with Gasteiger partial charge in [0.25, 0.3) is 0 Å². The summed E-state index contributed by atoms with van der Waals surface area (Å²) in [6.45, 7) is 5.74. The molecule has 3 saturated heterocycles. The molecule has 8 heteroatoms. The number of guanidine groups is 1. The quantitative estimate of drug-likeness (QED) is 0.366. The van der Waals surface area contributed by atoms with Gasteiger partial charge < -0.3 is 20.1 Å². The molecule has 0 radical (unpaired) electrons. The molecule has 1 aromatic heterocycles. The van der Waals surface area contributed by atoms with Crippen LogP contribution in [0.15, 0.2) is 22.5 Å². The molecule has 3 aliphatic rings. The van der Waals surface area contributed by atoms with Crippen LogP contribution in [-0.2, 0) is 9.47 Å². The maximum atomic E-state index is 5.96. The molecule has 152 valence electrons. The van der Waals surface area contributed by atoms with Gasteiger partial charge in [-0.15, -0.1) is 35.3 Å². The molecule has 3 aliphatic heterocycles. The summed E-state index contributed by atoms with van der Waals surface area (Å²) < 4.78 is 11.7. The van der Waals surface area contributed by atoms with Crippen LogP contribution in [0.5, 0.6) is 0 Å². The Labute approximate surface area is 183 Å². The molecule has 0 saturated carbocycles. The highest BCUT2D eigenvalue weighted by molar-refractivity contribution is 14.0. The summed E-state index contributed by atoms with van der Waals surface area (Å²) in [7, 11) is 1.85. The largest absolute Gasteiger partial charge is 0.376 e. The molecule has 2 bridgehead atoms. The van der Waals surface area contributed by atoms with Gasteiger partial charge in [0.2, 0.25) is 0 Å². The Morgan fingerprint density at radius 3 is 2.96 bits per heavy atom. The number of hydrogen-bond acceptors (Lipinski definition) is 5. The van der Waals surface area contributed by atoms with E-state index in [4.69, 9.17) is 9.47 Å². The van der Waals surface area contributed by atoms with Crippen molar-refractivity contribution in [2.45, 2.75) is 56.6 Å². The smallest absolute Gasteiger partial charge is 0.191 e. The Morgan fingerprint density at radius 1 is 1.44 bits per heavy atom. The van der Waals surface area contributed by atoms with E-state index in [1.807, 2.05) is 18.4 Å². The molecule has 5 unspecified atom stereocenters. The minimum absolute atomic E-state index is 0. The predicted octanol–water partition coefficient (Wildman–Crippen LogP) is 2.61. The average Bonchev–Trinajstić information content (AvgIpc) is 3.39. The Hall–Kier alpha value is -0.420. The highest BCUT2D eigenvalue weighted by atomic mass is 127. The van der Waals surface area contributed by atoms with Crippen LogP contribution in [0, 0.1) is 0 Å². The number of fused-ring (bicyclic) bond motifs is 2. The normalized spacial score (nSPS) is 32.1. The summed E-state index contributed by atoms with van der Waals surface area (Å²) in [6, 6.07) is 5.10. The van der Waals surface area contributed by atoms with Gasteiger partial charge in [-0.05, 0) is 37.6 Å². The first kappa shape index (κ1) is 21.3. The Morgan fingerprint density at radius 2 is 2.33 bits per heavy atom. The van der Waals surface area contributed by atoms with E-state index in [0.717, 1.165) is 38.6 Å². The summed E-state index contributed by atoms with van der Waals surface area (Å²) in [6.07, 6.45) is 4.57. The molecular formula is C19H31IN4O2S. The Bertz CT molecular complexity index is 615. The van der Waals surface area contributed by atoms with E-state index >= 15 is 0 Å². The average molecular weight is 506 g/mol. The molecular weight excluding hydrogens is 475 g/mol. The molecule has 5 atom stereocenters. The molecule has 3 fully saturated rings. The van der Waals surface area contributed by atoms with Crippen molar-refractivity contribution in [2.75, 3.05) is 33.3 Å². The number of rotatable bonds is 5. The van der Waals surface area contributed by atoms with E-state index in [9.17, 15) is 0 Å². The molecule has 4 rings (SSSR count). The van der Waals surface area contributed by atoms with Gasteiger partial charge in [-0.2, -0.15) is 0 Å². The van der Waals surface area contributed by atoms with E-state index in [1.165, 1.54) is 17.7 Å². The number of halogens is 1. The van der Waals surface area contributed by atoms with E-state index < -0.39 is 0 Å². The molecule has 1 aromatic rings. The Kier molecular flexibility index (Phi) is 7.78. The summed E-state index contributed by atoms with van der Waals surface area (Å²) in [5.41, 5.74) is 0. The van der Waals surface area contributed by atoms with Gasteiger partial charge >= 0.3 is 0 Å². The van der Waals surface area contributed by atoms with Crippen LogP contribution >= 0.6 is 35.3 Å². The Balaban J connectivity index is 0.00000210. The summed E-state index contributed by atoms with van der Waals surface area (Å²) in [5.74, 6) is 0.883. The van der Waals surface area contributed by atoms with Crippen molar-refractivity contribution in [3.05, 3.63) is 22.4 Å². The zero-order chi connectivity index (χ0) is 17.9. The zero-order valence-corrected chi connectivity index (χ0v) is 19.2. The molecule has 0 amide bonds. The van der Waals surface area contributed by atoms with Crippen molar-refractivity contribution in [2.24, 2.45) is 4.99 Å². The fourth-order valence-corrected chi connectivity index (χ4v) is 5.23. The molecule has 0 aliphatic carbocycles. The van der Waals surface area contributed by atoms with Crippen molar-refractivity contribution < 1.29 is 9.47 Å². The van der Waals surface area contributed by atoms with Crippen LogP contribution in [0.2, 0.25) is 0 Å². The van der Waals surface area contributed by atoms with Crippen molar-refractivity contribution in [1.82, 2.24) is 15.5 Å². The second kappa shape index (κ2) is 9.87. The first-order valence-corrected chi connectivity index (χ1v) is 10.6. The van der Waals surface area contributed by atoms with Crippen LogP contribution in [-0.4, -0.2) is 68.5 Å². The molecule has 2 N–H and O–H groups in total. The molecule has 0 aromatic carbocycles. The lowest BCUT2D eigenvalue weighted by Crippen LogP contribution is -2.51. The number of ether oxygens (including phenoxy) is 2. The van der Waals surface area contributed by atoms with Crippen molar-refractivity contribution >= 4 is 41.3 Å². The number of nitrogens with zero attached hydrogens (tertiary/aromatic N) is 2. The topological polar surface area (TPSA) is 58.1 Å². The van der Waals surface area contributed by atoms with Gasteiger partial charge in [-0.3, -0.25) is 9.89 Å². The number of morpholine rings is 1. The second-order valence-electron chi connectivity index (χ2n) is 7.52. The first-order chi connectivity index (χ1) is 12.7. The number of aliphatic imine (C=N–C) groups is 1. The molecule has 0 spiro atoms. The van der Waals surface area contributed by atoms with E-state index in [2.05, 4.69) is 45.0 Å². The molecule has 6 nitrogen and oxygen atoms in total. The van der Waals surface area contributed by atoms with E-state index in [1.54, 1.807) is 0 Å². The second-order valence-corrected chi connectivity index (χ2v) is 8.50. The maximum absolute atomic E-state index is 5.96. The number of thiophene rings is 1. The number of nitrogens with one attached hydrogen (secondary N) is 2. The van der Waals surface area contributed by atoms with Crippen molar-refractivity contribution in [1.29, 1.82) is 0 Å². The lowest BCUT2D eigenvalue weighted by atomic mass is 9.96. The van der Waals surface area contributed by atoms with E-state index in [0.29, 0.717) is 24.3 Å². The maximum Gasteiger partial charge on any atom is 0.191 e. The highest BCUT2D eigenvalue weighted by Crippen LogP contribution is 2.34. The summed E-state index contributed by atoms with van der Waals surface area (Å²) >= 11 is 1.83. The van der Waals surface area contributed by atoms with Crippen LogP contribution in [0.25, 0.3) is 0 Å². The third kappa shape index (κ3) is 5.14. The van der Waals surface area contributed by atoms with Gasteiger partial charge in [0.15, 0.2) is 5.96 Å². The van der Waals surface area contributed by atoms with Crippen LogP contribution in [0.1, 0.15) is 37.1 Å². The lowest BCUT2D eigenvalue weighted by Gasteiger charge is -2.37.